The lowest BCUT2D eigenvalue weighted by molar-refractivity contribution is -0.121. The summed E-state index contributed by atoms with van der Waals surface area (Å²) in [5.74, 6) is 0.200. The zero-order valence-corrected chi connectivity index (χ0v) is 16.6. The Hall–Kier alpha value is -3.35. The minimum Gasteiger partial charge on any atom is -0.497 e. The summed E-state index contributed by atoms with van der Waals surface area (Å²) in [6.45, 7) is 2.49. The van der Waals surface area contributed by atoms with Crippen molar-refractivity contribution in [2.24, 2.45) is 5.92 Å². The zero-order chi connectivity index (χ0) is 20.8. The Labute approximate surface area is 170 Å². The maximum absolute atomic E-state index is 12.7. The molecule has 0 unspecified atom stereocenters. The first kappa shape index (κ1) is 20.4. The molecule has 3 amide bonds. The highest BCUT2D eigenvalue weighted by Gasteiger charge is 2.28. The van der Waals surface area contributed by atoms with E-state index in [1.54, 1.807) is 60.5 Å². The molecule has 7 heteroatoms. The van der Waals surface area contributed by atoms with Crippen molar-refractivity contribution in [1.82, 2.24) is 4.90 Å². The normalized spacial score (nSPS) is 14.2. The number of hydrogen-bond acceptors (Lipinski definition) is 4. The molecule has 152 valence electrons. The second-order valence-corrected chi connectivity index (χ2v) is 7.05. The van der Waals surface area contributed by atoms with Gasteiger partial charge in [-0.15, -0.1) is 0 Å². The Kier molecular flexibility index (Phi) is 6.49. The molecule has 1 fully saturated rings. The predicted octanol–water partition coefficient (Wildman–Crippen LogP) is 3.14. The fourth-order valence-electron chi connectivity index (χ4n) is 3.41. The van der Waals surface area contributed by atoms with Crippen molar-refractivity contribution < 1.29 is 19.1 Å². The van der Waals surface area contributed by atoms with E-state index in [-0.39, 0.29) is 23.6 Å². The van der Waals surface area contributed by atoms with Crippen LogP contribution in [-0.4, -0.2) is 42.8 Å². The van der Waals surface area contributed by atoms with Gasteiger partial charge in [0.15, 0.2) is 0 Å². The van der Waals surface area contributed by atoms with Crippen LogP contribution in [-0.2, 0) is 9.59 Å². The van der Waals surface area contributed by atoms with Gasteiger partial charge in [-0.3, -0.25) is 14.4 Å². The molecule has 1 aliphatic rings. The summed E-state index contributed by atoms with van der Waals surface area (Å²) >= 11 is 0. The van der Waals surface area contributed by atoms with Crippen LogP contribution in [0.5, 0.6) is 5.75 Å². The van der Waals surface area contributed by atoms with Gasteiger partial charge in [0.25, 0.3) is 5.91 Å². The predicted molar refractivity (Wildman–Crippen MR) is 111 cm³/mol. The molecule has 0 atom stereocenters. The van der Waals surface area contributed by atoms with E-state index >= 15 is 0 Å². The Morgan fingerprint density at radius 2 is 1.62 bits per heavy atom. The summed E-state index contributed by atoms with van der Waals surface area (Å²) in [4.78, 5) is 38.3. The lowest BCUT2D eigenvalue weighted by Gasteiger charge is -2.31. The molecule has 2 aromatic rings. The first-order valence-electron chi connectivity index (χ1n) is 9.58. The first-order chi connectivity index (χ1) is 14.0. The number of likely N-dealkylation sites (tertiary alicyclic amines) is 1. The molecule has 0 spiro atoms. The van der Waals surface area contributed by atoms with E-state index < -0.39 is 0 Å². The zero-order valence-electron chi connectivity index (χ0n) is 16.6. The monoisotopic (exact) mass is 395 g/mol. The van der Waals surface area contributed by atoms with Gasteiger partial charge < -0.3 is 20.3 Å². The number of carbonyl (C=O) groups excluding carboxylic acids is 3. The molecule has 0 saturated carbocycles. The van der Waals surface area contributed by atoms with Crippen LogP contribution in [0.4, 0.5) is 11.4 Å². The Balaban J connectivity index is 1.55. The lowest BCUT2D eigenvalue weighted by Crippen LogP contribution is -2.41. The quantitative estimate of drug-likeness (QED) is 0.814. The molecular weight excluding hydrogens is 370 g/mol. The number of nitrogens with zero attached hydrogens (tertiary/aromatic N) is 1. The van der Waals surface area contributed by atoms with Gasteiger partial charge >= 0.3 is 0 Å². The van der Waals surface area contributed by atoms with Crippen LogP contribution in [0.2, 0.25) is 0 Å². The van der Waals surface area contributed by atoms with Crippen molar-refractivity contribution in [2.75, 3.05) is 30.8 Å². The van der Waals surface area contributed by atoms with E-state index in [0.717, 1.165) is 0 Å². The molecule has 0 bridgehead atoms. The average Bonchev–Trinajstić information content (AvgIpc) is 2.73. The van der Waals surface area contributed by atoms with Crippen LogP contribution < -0.4 is 15.4 Å². The molecule has 0 aliphatic carbocycles. The SMILES string of the molecule is COc1cccc(C(=O)N2CCC(C(=O)Nc3cccc(NC(C)=O)c3)CC2)c1. The van der Waals surface area contributed by atoms with Gasteiger partial charge in [0.2, 0.25) is 11.8 Å². The van der Waals surface area contributed by atoms with E-state index in [4.69, 9.17) is 4.74 Å². The number of hydrogen-bond donors (Lipinski definition) is 2. The Morgan fingerprint density at radius 3 is 2.28 bits per heavy atom. The van der Waals surface area contributed by atoms with Crippen molar-refractivity contribution in [3.63, 3.8) is 0 Å². The minimum atomic E-state index is -0.165. The fraction of sp³-hybridized carbons (Fsp3) is 0.318. The number of piperidine rings is 1. The summed E-state index contributed by atoms with van der Waals surface area (Å²) < 4.78 is 5.18. The third kappa shape index (κ3) is 5.34. The molecule has 2 N–H and O–H groups in total. The maximum Gasteiger partial charge on any atom is 0.253 e. The molecule has 0 radical (unpaired) electrons. The first-order valence-corrected chi connectivity index (χ1v) is 9.58. The van der Waals surface area contributed by atoms with Crippen molar-refractivity contribution >= 4 is 29.1 Å². The molecule has 1 heterocycles. The number of amides is 3. The van der Waals surface area contributed by atoms with Gasteiger partial charge in [0.05, 0.1) is 7.11 Å². The van der Waals surface area contributed by atoms with Crippen LogP contribution in [0, 0.1) is 5.92 Å². The van der Waals surface area contributed by atoms with E-state index in [9.17, 15) is 14.4 Å². The lowest BCUT2D eigenvalue weighted by atomic mass is 9.95. The molecule has 1 saturated heterocycles. The van der Waals surface area contributed by atoms with E-state index in [1.807, 2.05) is 0 Å². The number of rotatable bonds is 5. The summed E-state index contributed by atoms with van der Waals surface area (Å²) in [7, 11) is 1.57. The summed E-state index contributed by atoms with van der Waals surface area (Å²) in [6, 6.07) is 14.1. The van der Waals surface area contributed by atoms with E-state index in [1.165, 1.54) is 6.92 Å². The number of carbonyl (C=O) groups is 3. The minimum absolute atomic E-state index is 0.0502. The van der Waals surface area contributed by atoms with Gasteiger partial charge in [-0.25, -0.2) is 0 Å². The molecule has 7 nitrogen and oxygen atoms in total. The smallest absolute Gasteiger partial charge is 0.253 e. The number of methoxy groups -OCH3 is 1. The van der Waals surface area contributed by atoms with Gasteiger partial charge in [0, 0.05) is 42.9 Å². The van der Waals surface area contributed by atoms with Crippen LogP contribution in [0.1, 0.15) is 30.1 Å². The Morgan fingerprint density at radius 1 is 0.966 bits per heavy atom. The number of benzene rings is 2. The van der Waals surface area contributed by atoms with Gasteiger partial charge in [-0.2, -0.15) is 0 Å². The van der Waals surface area contributed by atoms with Crippen molar-refractivity contribution in [1.29, 1.82) is 0 Å². The topological polar surface area (TPSA) is 87.7 Å². The summed E-state index contributed by atoms with van der Waals surface area (Å²) in [5.41, 5.74) is 1.85. The molecular formula is C22H25N3O4. The highest BCUT2D eigenvalue weighted by molar-refractivity contribution is 5.96. The molecule has 29 heavy (non-hydrogen) atoms. The average molecular weight is 395 g/mol. The Bertz CT molecular complexity index is 904. The van der Waals surface area contributed by atoms with Crippen molar-refractivity contribution in [3.8, 4) is 5.75 Å². The van der Waals surface area contributed by atoms with Crippen LogP contribution in [0.3, 0.4) is 0 Å². The standard InChI is InChI=1S/C22H25N3O4/c1-15(26)23-18-6-4-7-19(14-18)24-21(27)16-9-11-25(12-10-16)22(28)17-5-3-8-20(13-17)29-2/h3-8,13-14,16H,9-12H2,1-2H3,(H,23,26)(H,24,27). The van der Waals surface area contributed by atoms with Gasteiger partial charge in [-0.1, -0.05) is 12.1 Å². The fourth-order valence-corrected chi connectivity index (χ4v) is 3.41. The summed E-state index contributed by atoms with van der Waals surface area (Å²) in [5, 5.41) is 5.60. The molecule has 1 aliphatic heterocycles. The second-order valence-electron chi connectivity index (χ2n) is 7.05. The second kappa shape index (κ2) is 9.23. The van der Waals surface area contributed by atoms with Crippen LogP contribution in [0.15, 0.2) is 48.5 Å². The maximum atomic E-state index is 12.7. The van der Waals surface area contributed by atoms with Gasteiger partial charge in [-0.05, 0) is 49.2 Å². The third-order valence-electron chi connectivity index (χ3n) is 4.92. The molecule has 3 rings (SSSR count). The third-order valence-corrected chi connectivity index (χ3v) is 4.92. The van der Waals surface area contributed by atoms with Crippen LogP contribution in [0.25, 0.3) is 0 Å². The highest BCUT2D eigenvalue weighted by Crippen LogP contribution is 2.23. The van der Waals surface area contributed by atoms with Gasteiger partial charge in [0.1, 0.15) is 5.75 Å². The van der Waals surface area contributed by atoms with E-state index in [2.05, 4.69) is 10.6 Å². The van der Waals surface area contributed by atoms with Crippen molar-refractivity contribution in [2.45, 2.75) is 19.8 Å². The number of nitrogens with one attached hydrogen (secondary N) is 2. The number of ether oxygens (including phenoxy) is 1. The number of anilines is 2. The highest BCUT2D eigenvalue weighted by atomic mass is 16.5. The summed E-state index contributed by atoms with van der Waals surface area (Å²) in [6.07, 6.45) is 1.21. The van der Waals surface area contributed by atoms with Crippen LogP contribution >= 0.6 is 0 Å². The van der Waals surface area contributed by atoms with E-state index in [0.29, 0.717) is 48.6 Å². The van der Waals surface area contributed by atoms with Crippen molar-refractivity contribution in [3.05, 3.63) is 54.1 Å². The molecule has 2 aromatic carbocycles. The molecule has 0 aromatic heterocycles. The largest absolute Gasteiger partial charge is 0.497 e.